The van der Waals surface area contributed by atoms with Gasteiger partial charge in [0.15, 0.2) is 0 Å². The zero-order valence-electron chi connectivity index (χ0n) is 17.6. The third-order valence-electron chi connectivity index (χ3n) is 5.29. The molecule has 0 radical (unpaired) electrons. The van der Waals surface area contributed by atoms with Crippen molar-refractivity contribution in [1.82, 2.24) is 5.06 Å². The lowest BCUT2D eigenvalue weighted by molar-refractivity contribution is -0.197. The lowest BCUT2D eigenvalue weighted by atomic mass is 10.1. The van der Waals surface area contributed by atoms with Gasteiger partial charge in [-0.15, -0.1) is 5.06 Å². The van der Waals surface area contributed by atoms with Gasteiger partial charge in [0.25, 0.3) is 11.8 Å². The van der Waals surface area contributed by atoms with Crippen LogP contribution < -0.4 is 15.9 Å². The number of rotatable bonds is 8. The van der Waals surface area contributed by atoms with Crippen molar-refractivity contribution in [2.45, 2.75) is 32.1 Å². The summed E-state index contributed by atoms with van der Waals surface area (Å²) < 4.78 is 0. The summed E-state index contributed by atoms with van der Waals surface area (Å²) in [6.45, 7) is 0. The van der Waals surface area contributed by atoms with Gasteiger partial charge in [0.05, 0.1) is 0 Å². The normalized spacial score (nSPS) is 13.6. The molecule has 0 aromatic heterocycles. The first-order chi connectivity index (χ1) is 15.6. The molecule has 4 rings (SSSR count). The summed E-state index contributed by atoms with van der Waals surface area (Å²) in [5.41, 5.74) is 1.19. The summed E-state index contributed by atoms with van der Waals surface area (Å²) >= 11 is 0. The largest absolute Gasteiger partial charge is 0.333 e. The SMILES string of the molecule is O=C(CCCc1ccccc1P(c1ccccc1)c1ccccc1)ON1C(=O)CCC1=O. The molecule has 1 heterocycles. The molecule has 6 heteroatoms. The van der Waals surface area contributed by atoms with Crippen molar-refractivity contribution in [2.24, 2.45) is 0 Å². The van der Waals surface area contributed by atoms with Gasteiger partial charge in [-0.2, -0.15) is 0 Å². The second-order valence-electron chi connectivity index (χ2n) is 7.53. The van der Waals surface area contributed by atoms with Crippen molar-refractivity contribution in [3.05, 3.63) is 90.5 Å². The number of hydrogen-bond acceptors (Lipinski definition) is 4. The van der Waals surface area contributed by atoms with Gasteiger partial charge in [-0.3, -0.25) is 9.59 Å². The summed E-state index contributed by atoms with van der Waals surface area (Å²) in [4.78, 5) is 40.4. The van der Waals surface area contributed by atoms with Crippen LogP contribution in [0.15, 0.2) is 84.9 Å². The molecule has 5 nitrogen and oxygen atoms in total. The summed E-state index contributed by atoms with van der Waals surface area (Å²) in [6.07, 6.45) is 1.61. The van der Waals surface area contributed by atoms with Gasteiger partial charge in [0, 0.05) is 19.3 Å². The Morgan fingerprint density at radius 3 is 1.91 bits per heavy atom. The third kappa shape index (κ3) is 5.12. The van der Waals surface area contributed by atoms with Gasteiger partial charge >= 0.3 is 5.97 Å². The molecule has 0 N–H and O–H groups in total. The highest BCUT2D eigenvalue weighted by Crippen LogP contribution is 2.34. The third-order valence-corrected chi connectivity index (χ3v) is 7.83. The predicted molar refractivity (Wildman–Crippen MR) is 125 cm³/mol. The molecule has 3 aromatic rings. The molecule has 0 bridgehead atoms. The molecule has 3 aromatic carbocycles. The van der Waals surface area contributed by atoms with E-state index in [1.165, 1.54) is 21.5 Å². The van der Waals surface area contributed by atoms with Gasteiger partial charge in [0.1, 0.15) is 0 Å². The van der Waals surface area contributed by atoms with E-state index in [-0.39, 0.29) is 19.3 Å². The van der Waals surface area contributed by atoms with Crippen molar-refractivity contribution in [2.75, 3.05) is 0 Å². The Labute approximate surface area is 188 Å². The van der Waals surface area contributed by atoms with Gasteiger partial charge in [0.2, 0.25) is 0 Å². The Kier molecular flexibility index (Phi) is 7.08. The average Bonchev–Trinajstić information content (AvgIpc) is 3.14. The maximum Gasteiger partial charge on any atom is 0.333 e. The van der Waals surface area contributed by atoms with Crippen molar-refractivity contribution < 1.29 is 19.2 Å². The van der Waals surface area contributed by atoms with Crippen LogP contribution in [0.2, 0.25) is 0 Å². The highest BCUT2D eigenvalue weighted by atomic mass is 31.1. The van der Waals surface area contributed by atoms with Crippen LogP contribution in [0.4, 0.5) is 0 Å². The topological polar surface area (TPSA) is 63.7 Å². The summed E-state index contributed by atoms with van der Waals surface area (Å²) in [7, 11) is -0.735. The van der Waals surface area contributed by atoms with Gasteiger partial charge < -0.3 is 4.84 Å². The van der Waals surface area contributed by atoms with E-state index in [2.05, 4.69) is 66.7 Å². The van der Waals surface area contributed by atoms with Crippen LogP contribution in [0.1, 0.15) is 31.2 Å². The van der Waals surface area contributed by atoms with Crippen molar-refractivity contribution >= 4 is 41.6 Å². The molecule has 1 saturated heterocycles. The standard InChI is InChI=1S/C26H24NO4P/c28-24-18-19-25(29)27(24)31-26(30)17-9-11-20-10-7-8-16-23(20)32(21-12-3-1-4-13-21)22-14-5-2-6-15-22/h1-8,10,12-16H,9,11,17-19H2. The number of imide groups is 1. The Morgan fingerprint density at radius 1 is 0.781 bits per heavy atom. The van der Waals surface area contributed by atoms with E-state index in [1.807, 2.05) is 18.2 Å². The number of aryl methyl sites for hydroxylation is 1. The number of benzene rings is 3. The maximum atomic E-state index is 12.2. The molecule has 0 spiro atoms. The molecular weight excluding hydrogens is 421 g/mol. The van der Waals surface area contributed by atoms with Gasteiger partial charge in [-0.25, -0.2) is 4.79 Å². The molecule has 0 aliphatic carbocycles. The van der Waals surface area contributed by atoms with Crippen LogP contribution >= 0.6 is 7.92 Å². The first-order valence-electron chi connectivity index (χ1n) is 10.7. The fraction of sp³-hybridized carbons (Fsp3) is 0.192. The number of hydrogen-bond donors (Lipinski definition) is 0. The molecule has 1 aliphatic heterocycles. The minimum Gasteiger partial charge on any atom is -0.330 e. The highest BCUT2D eigenvalue weighted by Gasteiger charge is 2.32. The Bertz CT molecular complexity index is 1050. The van der Waals surface area contributed by atoms with Crippen molar-refractivity contribution in [1.29, 1.82) is 0 Å². The smallest absolute Gasteiger partial charge is 0.330 e. The van der Waals surface area contributed by atoms with E-state index in [0.29, 0.717) is 17.9 Å². The van der Waals surface area contributed by atoms with E-state index >= 15 is 0 Å². The molecule has 2 amide bonds. The quantitative estimate of drug-likeness (QED) is 0.394. The van der Waals surface area contributed by atoms with Gasteiger partial charge in [-0.05, 0) is 42.2 Å². The van der Waals surface area contributed by atoms with Crippen LogP contribution in [-0.4, -0.2) is 22.8 Å². The summed E-state index contributed by atoms with van der Waals surface area (Å²) in [5, 5.41) is 4.41. The second-order valence-corrected chi connectivity index (χ2v) is 9.72. The van der Waals surface area contributed by atoms with E-state index in [4.69, 9.17) is 4.84 Å². The Morgan fingerprint density at radius 2 is 1.31 bits per heavy atom. The monoisotopic (exact) mass is 445 g/mol. The highest BCUT2D eigenvalue weighted by molar-refractivity contribution is 7.79. The number of hydroxylamine groups is 2. The zero-order valence-corrected chi connectivity index (χ0v) is 18.5. The lowest BCUT2D eigenvalue weighted by Crippen LogP contribution is -2.32. The predicted octanol–water partition coefficient (Wildman–Crippen LogP) is 3.37. The minimum atomic E-state index is -0.735. The first-order valence-corrected chi connectivity index (χ1v) is 12.0. The minimum absolute atomic E-state index is 0.0992. The molecule has 0 atom stereocenters. The van der Waals surface area contributed by atoms with Gasteiger partial charge in [-0.1, -0.05) is 84.9 Å². The second kappa shape index (κ2) is 10.3. The van der Waals surface area contributed by atoms with Crippen LogP contribution in [0.3, 0.4) is 0 Å². The number of amides is 2. The van der Waals surface area contributed by atoms with Crippen LogP contribution in [0, 0.1) is 0 Å². The summed E-state index contributed by atoms with van der Waals surface area (Å²) in [6, 6.07) is 29.3. The molecule has 0 unspecified atom stereocenters. The van der Waals surface area contributed by atoms with Crippen molar-refractivity contribution in [3.63, 3.8) is 0 Å². The lowest BCUT2D eigenvalue weighted by Gasteiger charge is -2.22. The molecular formula is C26H24NO4P. The average molecular weight is 445 g/mol. The molecule has 1 aliphatic rings. The fourth-order valence-electron chi connectivity index (χ4n) is 3.75. The van der Waals surface area contributed by atoms with E-state index in [0.717, 1.165) is 0 Å². The number of nitrogens with zero attached hydrogens (tertiary/aromatic N) is 1. The van der Waals surface area contributed by atoms with Crippen molar-refractivity contribution in [3.8, 4) is 0 Å². The Balaban J connectivity index is 1.50. The summed E-state index contributed by atoms with van der Waals surface area (Å²) in [5.74, 6) is -1.46. The number of carbonyl (C=O) groups excluding carboxylic acids is 3. The zero-order chi connectivity index (χ0) is 22.3. The van der Waals surface area contributed by atoms with E-state index in [1.54, 1.807) is 0 Å². The fourth-order valence-corrected chi connectivity index (χ4v) is 6.25. The molecule has 1 fully saturated rings. The maximum absolute atomic E-state index is 12.2. The molecule has 32 heavy (non-hydrogen) atoms. The van der Waals surface area contributed by atoms with Crippen LogP contribution in [-0.2, 0) is 25.6 Å². The molecule has 0 saturated carbocycles. The Hall–Kier alpha value is -3.30. The first kappa shape index (κ1) is 21.9. The van der Waals surface area contributed by atoms with E-state index in [9.17, 15) is 14.4 Å². The number of carbonyl (C=O) groups is 3. The van der Waals surface area contributed by atoms with Crippen LogP contribution in [0.25, 0.3) is 0 Å². The van der Waals surface area contributed by atoms with Crippen LogP contribution in [0.5, 0.6) is 0 Å². The molecule has 162 valence electrons. The van der Waals surface area contributed by atoms with E-state index < -0.39 is 25.7 Å².